The monoisotopic (exact) mass is 278 g/mol. The van der Waals surface area contributed by atoms with Crippen molar-refractivity contribution in [1.29, 1.82) is 0 Å². The Morgan fingerprint density at radius 3 is 2.95 bits per heavy atom. The van der Waals surface area contributed by atoms with Gasteiger partial charge < -0.3 is 15.2 Å². The van der Waals surface area contributed by atoms with E-state index in [1.807, 2.05) is 0 Å². The number of aromatic nitrogens is 3. The number of nitrogens with one attached hydrogen (secondary N) is 2. The fourth-order valence-corrected chi connectivity index (χ4v) is 2.30. The molecule has 1 aliphatic rings. The number of aryl methyl sites for hydroxylation is 1. The molecule has 0 fully saturated rings. The summed E-state index contributed by atoms with van der Waals surface area (Å²) in [5, 5.41) is 15.1. The van der Waals surface area contributed by atoms with Gasteiger partial charge in [0.25, 0.3) is 0 Å². The SMILES string of the molecule is CCNC(=NCc1nnc2n1CCC2)NCCC(C)C. The molecule has 0 aliphatic carbocycles. The summed E-state index contributed by atoms with van der Waals surface area (Å²) in [5.41, 5.74) is 0. The summed E-state index contributed by atoms with van der Waals surface area (Å²) in [4.78, 5) is 4.60. The van der Waals surface area contributed by atoms with Crippen molar-refractivity contribution in [2.45, 2.75) is 53.1 Å². The van der Waals surface area contributed by atoms with E-state index in [4.69, 9.17) is 0 Å². The van der Waals surface area contributed by atoms with E-state index in [1.165, 1.54) is 6.42 Å². The van der Waals surface area contributed by atoms with Crippen molar-refractivity contribution >= 4 is 5.96 Å². The molecule has 6 nitrogen and oxygen atoms in total. The molecule has 0 unspecified atom stereocenters. The van der Waals surface area contributed by atoms with Crippen LogP contribution < -0.4 is 10.6 Å². The number of hydrogen-bond donors (Lipinski definition) is 2. The normalized spacial score (nSPS) is 14.7. The first-order valence-corrected chi connectivity index (χ1v) is 7.63. The van der Waals surface area contributed by atoms with Crippen LogP contribution in [0.15, 0.2) is 4.99 Å². The lowest BCUT2D eigenvalue weighted by atomic mass is 10.1. The van der Waals surface area contributed by atoms with Gasteiger partial charge in [-0.25, -0.2) is 4.99 Å². The summed E-state index contributed by atoms with van der Waals surface area (Å²) in [7, 11) is 0. The van der Waals surface area contributed by atoms with Crippen LogP contribution in [-0.4, -0.2) is 33.8 Å². The summed E-state index contributed by atoms with van der Waals surface area (Å²) >= 11 is 0. The average Bonchev–Trinajstić information content (AvgIpc) is 2.98. The summed E-state index contributed by atoms with van der Waals surface area (Å²) in [5.74, 6) is 3.64. The highest BCUT2D eigenvalue weighted by molar-refractivity contribution is 5.79. The molecule has 0 bridgehead atoms. The highest BCUT2D eigenvalue weighted by atomic mass is 15.3. The van der Waals surface area contributed by atoms with E-state index in [0.717, 1.165) is 50.1 Å². The molecule has 0 amide bonds. The van der Waals surface area contributed by atoms with Crippen LogP contribution in [0.3, 0.4) is 0 Å². The van der Waals surface area contributed by atoms with Crippen LogP contribution in [0.5, 0.6) is 0 Å². The van der Waals surface area contributed by atoms with E-state index in [9.17, 15) is 0 Å². The topological polar surface area (TPSA) is 67.1 Å². The fourth-order valence-electron chi connectivity index (χ4n) is 2.30. The summed E-state index contributed by atoms with van der Waals surface area (Å²) < 4.78 is 2.20. The fraction of sp³-hybridized carbons (Fsp3) is 0.786. The highest BCUT2D eigenvalue weighted by Crippen LogP contribution is 2.14. The van der Waals surface area contributed by atoms with E-state index < -0.39 is 0 Å². The molecular formula is C14H26N6. The molecule has 1 aromatic heterocycles. The highest BCUT2D eigenvalue weighted by Gasteiger charge is 2.16. The maximum Gasteiger partial charge on any atom is 0.191 e. The lowest BCUT2D eigenvalue weighted by Crippen LogP contribution is -2.38. The molecule has 0 aromatic carbocycles. The van der Waals surface area contributed by atoms with Crippen molar-refractivity contribution in [2.75, 3.05) is 13.1 Å². The number of fused-ring (bicyclic) bond motifs is 1. The van der Waals surface area contributed by atoms with Gasteiger partial charge in [0.2, 0.25) is 0 Å². The molecular weight excluding hydrogens is 252 g/mol. The van der Waals surface area contributed by atoms with Crippen LogP contribution in [-0.2, 0) is 19.5 Å². The zero-order chi connectivity index (χ0) is 14.4. The minimum Gasteiger partial charge on any atom is -0.357 e. The molecule has 2 N–H and O–H groups in total. The number of aliphatic imine (C=N–C) groups is 1. The molecule has 20 heavy (non-hydrogen) atoms. The van der Waals surface area contributed by atoms with Crippen molar-refractivity contribution in [3.05, 3.63) is 11.6 Å². The molecule has 1 aromatic rings. The van der Waals surface area contributed by atoms with Gasteiger partial charge in [-0.15, -0.1) is 10.2 Å². The Hall–Kier alpha value is -1.59. The number of nitrogens with zero attached hydrogens (tertiary/aromatic N) is 4. The number of rotatable bonds is 6. The Labute approximate surface area is 121 Å². The van der Waals surface area contributed by atoms with E-state index in [0.29, 0.717) is 12.5 Å². The van der Waals surface area contributed by atoms with Crippen molar-refractivity contribution in [2.24, 2.45) is 10.9 Å². The van der Waals surface area contributed by atoms with Gasteiger partial charge in [-0.3, -0.25) is 0 Å². The molecule has 2 heterocycles. The van der Waals surface area contributed by atoms with Gasteiger partial charge in [0.05, 0.1) is 0 Å². The molecule has 0 spiro atoms. The van der Waals surface area contributed by atoms with Crippen molar-refractivity contribution in [3.63, 3.8) is 0 Å². The third kappa shape index (κ3) is 3.95. The van der Waals surface area contributed by atoms with E-state index in [1.54, 1.807) is 0 Å². The Balaban J connectivity index is 1.90. The molecule has 0 radical (unpaired) electrons. The van der Waals surface area contributed by atoms with Crippen LogP contribution >= 0.6 is 0 Å². The van der Waals surface area contributed by atoms with Crippen molar-refractivity contribution in [3.8, 4) is 0 Å². The van der Waals surface area contributed by atoms with E-state index in [-0.39, 0.29) is 0 Å². The van der Waals surface area contributed by atoms with Crippen LogP contribution in [0.25, 0.3) is 0 Å². The zero-order valence-electron chi connectivity index (χ0n) is 12.8. The third-order valence-corrected chi connectivity index (χ3v) is 3.42. The standard InChI is InChI=1S/C14H26N6/c1-4-15-14(16-8-7-11(2)3)17-10-13-19-18-12-6-5-9-20(12)13/h11H,4-10H2,1-3H3,(H2,15,16,17). The second kappa shape index (κ2) is 7.26. The quantitative estimate of drug-likeness (QED) is 0.608. The molecule has 0 saturated carbocycles. The van der Waals surface area contributed by atoms with Gasteiger partial charge in [-0.1, -0.05) is 13.8 Å². The first-order valence-electron chi connectivity index (χ1n) is 7.63. The maximum atomic E-state index is 4.60. The number of hydrogen-bond acceptors (Lipinski definition) is 3. The largest absolute Gasteiger partial charge is 0.357 e. The Bertz CT molecular complexity index is 449. The molecule has 1 aliphatic heterocycles. The van der Waals surface area contributed by atoms with Crippen LogP contribution in [0.1, 0.15) is 45.3 Å². The minimum absolute atomic E-state index is 0.587. The first-order chi connectivity index (χ1) is 9.70. The van der Waals surface area contributed by atoms with Gasteiger partial charge in [-0.05, 0) is 25.7 Å². The predicted octanol–water partition coefficient (Wildman–Crippen LogP) is 1.33. The van der Waals surface area contributed by atoms with E-state index in [2.05, 4.69) is 51.2 Å². The van der Waals surface area contributed by atoms with Gasteiger partial charge >= 0.3 is 0 Å². The van der Waals surface area contributed by atoms with E-state index >= 15 is 0 Å². The smallest absolute Gasteiger partial charge is 0.191 e. The van der Waals surface area contributed by atoms with Crippen molar-refractivity contribution in [1.82, 2.24) is 25.4 Å². The molecule has 0 atom stereocenters. The molecule has 0 saturated heterocycles. The summed E-state index contributed by atoms with van der Waals surface area (Å²) in [6, 6.07) is 0. The van der Waals surface area contributed by atoms with Crippen molar-refractivity contribution < 1.29 is 0 Å². The third-order valence-electron chi connectivity index (χ3n) is 3.42. The maximum absolute atomic E-state index is 4.60. The summed E-state index contributed by atoms with van der Waals surface area (Å²) in [6.45, 7) is 9.96. The predicted molar refractivity (Wildman–Crippen MR) is 80.6 cm³/mol. The van der Waals surface area contributed by atoms with Gasteiger partial charge in [0, 0.05) is 26.1 Å². The van der Waals surface area contributed by atoms with Gasteiger partial charge in [0.1, 0.15) is 12.4 Å². The molecule has 112 valence electrons. The summed E-state index contributed by atoms with van der Waals surface area (Å²) in [6.07, 6.45) is 3.36. The lowest BCUT2D eigenvalue weighted by Gasteiger charge is -2.12. The van der Waals surface area contributed by atoms with Crippen LogP contribution in [0.4, 0.5) is 0 Å². The second-order valence-electron chi connectivity index (χ2n) is 5.59. The Morgan fingerprint density at radius 2 is 2.20 bits per heavy atom. The molecule has 2 rings (SSSR count). The minimum atomic E-state index is 0.587. The Morgan fingerprint density at radius 1 is 1.35 bits per heavy atom. The number of guanidine groups is 1. The van der Waals surface area contributed by atoms with Gasteiger partial charge in [0.15, 0.2) is 11.8 Å². The lowest BCUT2D eigenvalue weighted by molar-refractivity contribution is 0.573. The first kappa shape index (κ1) is 14.8. The van der Waals surface area contributed by atoms with Crippen LogP contribution in [0.2, 0.25) is 0 Å². The second-order valence-corrected chi connectivity index (χ2v) is 5.59. The van der Waals surface area contributed by atoms with Gasteiger partial charge in [-0.2, -0.15) is 0 Å². The Kier molecular flexibility index (Phi) is 5.38. The zero-order valence-corrected chi connectivity index (χ0v) is 12.8. The van der Waals surface area contributed by atoms with Crippen LogP contribution in [0, 0.1) is 5.92 Å². The average molecular weight is 278 g/mol. The molecule has 6 heteroatoms.